The van der Waals surface area contributed by atoms with Crippen LogP contribution in [0.25, 0.3) is 11.3 Å². The van der Waals surface area contributed by atoms with Crippen molar-refractivity contribution in [1.82, 2.24) is 15.0 Å². The van der Waals surface area contributed by atoms with Crippen LogP contribution in [0.1, 0.15) is 32.1 Å². The van der Waals surface area contributed by atoms with E-state index in [4.69, 9.17) is 4.52 Å². The predicted octanol–water partition coefficient (Wildman–Crippen LogP) is 2.84. The van der Waals surface area contributed by atoms with Crippen molar-refractivity contribution in [2.24, 2.45) is 0 Å². The van der Waals surface area contributed by atoms with Crippen molar-refractivity contribution in [1.29, 1.82) is 0 Å². The second kappa shape index (κ2) is 5.42. The van der Waals surface area contributed by atoms with Gasteiger partial charge in [0.2, 0.25) is 0 Å². The number of nitrogens with zero attached hydrogens (tertiary/aromatic N) is 3. The highest BCUT2D eigenvalue weighted by Gasteiger charge is 2.37. The Balaban J connectivity index is 1.65. The third-order valence-electron chi connectivity index (χ3n) is 4.10. The average Bonchev–Trinajstić information content (AvgIpc) is 3.10. The Labute approximate surface area is 137 Å². The molecular formula is C18H13N3O3. The van der Waals surface area contributed by atoms with Crippen LogP contribution in [0.5, 0.6) is 0 Å². The highest BCUT2D eigenvalue weighted by molar-refractivity contribution is 6.20. The van der Waals surface area contributed by atoms with Gasteiger partial charge in [-0.3, -0.25) is 19.5 Å². The molecule has 2 amide bonds. The minimum absolute atomic E-state index is 0.0657. The Bertz CT molecular complexity index is 912. The molecule has 0 saturated carbocycles. The first kappa shape index (κ1) is 14.3. The number of aromatic nitrogens is 2. The van der Waals surface area contributed by atoms with E-state index in [0.717, 1.165) is 16.0 Å². The highest BCUT2D eigenvalue weighted by Crippen LogP contribution is 2.28. The summed E-state index contributed by atoms with van der Waals surface area (Å²) in [5.74, 6) is -0.119. The number of fused-ring (bicyclic) bond motifs is 1. The lowest BCUT2D eigenvalue weighted by molar-refractivity contribution is 0.0637. The van der Waals surface area contributed by atoms with E-state index in [1.807, 2.05) is 37.3 Å². The lowest BCUT2D eigenvalue weighted by Gasteiger charge is -2.11. The molecule has 0 aliphatic carbocycles. The van der Waals surface area contributed by atoms with Gasteiger partial charge < -0.3 is 4.52 Å². The maximum absolute atomic E-state index is 12.4. The number of rotatable bonds is 3. The lowest BCUT2D eigenvalue weighted by Crippen LogP contribution is -2.29. The number of pyridine rings is 1. The number of hydrogen-bond donors (Lipinski definition) is 0. The van der Waals surface area contributed by atoms with Gasteiger partial charge in [0.05, 0.1) is 12.1 Å². The Morgan fingerprint density at radius 1 is 1.04 bits per heavy atom. The first-order chi connectivity index (χ1) is 11.7. The van der Waals surface area contributed by atoms with Gasteiger partial charge in [0.25, 0.3) is 11.8 Å². The Hall–Kier alpha value is -3.28. The highest BCUT2D eigenvalue weighted by atomic mass is 16.5. The zero-order valence-electron chi connectivity index (χ0n) is 12.9. The van der Waals surface area contributed by atoms with Crippen molar-refractivity contribution in [2.75, 3.05) is 0 Å². The van der Waals surface area contributed by atoms with E-state index in [1.54, 1.807) is 12.1 Å². The summed E-state index contributed by atoms with van der Waals surface area (Å²) < 4.78 is 5.42. The molecule has 6 nitrogen and oxygen atoms in total. The van der Waals surface area contributed by atoms with Gasteiger partial charge in [0.15, 0.2) is 5.76 Å². The molecule has 3 heterocycles. The van der Waals surface area contributed by atoms with Gasteiger partial charge in [0.1, 0.15) is 11.4 Å². The summed E-state index contributed by atoms with van der Waals surface area (Å²) in [6.07, 6.45) is 1.50. The molecule has 4 rings (SSSR count). The second-order valence-corrected chi connectivity index (χ2v) is 5.55. The molecule has 1 aromatic carbocycles. The van der Waals surface area contributed by atoms with E-state index in [-0.39, 0.29) is 18.1 Å². The van der Waals surface area contributed by atoms with Crippen LogP contribution >= 0.6 is 0 Å². The maximum Gasteiger partial charge on any atom is 0.280 e. The summed E-state index contributed by atoms with van der Waals surface area (Å²) in [4.78, 5) is 29.9. The fourth-order valence-corrected chi connectivity index (χ4v) is 2.78. The molecular weight excluding hydrogens is 306 g/mol. The fraction of sp³-hybridized carbons (Fsp3) is 0.111. The van der Waals surface area contributed by atoms with Gasteiger partial charge in [-0.05, 0) is 19.1 Å². The summed E-state index contributed by atoms with van der Waals surface area (Å²) in [7, 11) is 0. The van der Waals surface area contributed by atoms with Crippen LogP contribution in [-0.4, -0.2) is 26.9 Å². The molecule has 6 heteroatoms. The molecule has 1 aliphatic rings. The summed E-state index contributed by atoms with van der Waals surface area (Å²) in [5, 5.41) is 4.05. The fourth-order valence-electron chi connectivity index (χ4n) is 2.78. The minimum Gasteiger partial charge on any atom is -0.356 e. The second-order valence-electron chi connectivity index (χ2n) is 5.55. The molecule has 3 aromatic rings. The Kier molecular flexibility index (Phi) is 3.23. The summed E-state index contributed by atoms with van der Waals surface area (Å²) in [6, 6.07) is 12.8. The number of hydrogen-bond acceptors (Lipinski definition) is 5. The standard InChI is InChI=1S/C18H13N3O3/c1-11-14(20-24-16(11)12-6-3-2-4-7-12)10-21-17(22)13-8-5-9-19-15(13)18(21)23/h2-9H,10H2,1H3. The summed E-state index contributed by atoms with van der Waals surface area (Å²) in [6.45, 7) is 1.93. The van der Waals surface area contributed by atoms with Crippen LogP contribution in [0.15, 0.2) is 53.2 Å². The smallest absolute Gasteiger partial charge is 0.280 e. The van der Waals surface area contributed by atoms with E-state index < -0.39 is 5.91 Å². The molecule has 0 bridgehead atoms. The van der Waals surface area contributed by atoms with Crippen molar-refractivity contribution in [3.63, 3.8) is 0 Å². The predicted molar refractivity (Wildman–Crippen MR) is 85.1 cm³/mol. The first-order valence-corrected chi connectivity index (χ1v) is 7.48. The topological polar surface area (TPSA) is 76.3 Å². The van der Waals surface area contributed by atoms with Crippen LogP contribution in [0.3, 0.4) is 0 Å². The lowest BCUT2D eigenvalue weighted by atomic mass is 10.1. The quantitative estimate of drug-likeness (QED) is 0.694. The SMILES string of the molecule is Cc1c(CN2C(=O)c3cccnc3C2=O)noc1-c1ccccc1. The van der Waals surface area contributed by atoms with Crippen LogP contribution in [0, 0.1) is 6.92 Å². The number of amides is 2. The van der Waals surface area contributed by atoms with Crippen LogP contribution < -0.4 is 0 Å². The molecule has 0 radical (unpaired) electrons. The van der Waals surface area contributed by atoms with E-state index in [9.17, 15) is 9.59 Å². The molecule has 2 aromatic heterocycles. The summed E-state index contributed by atoms with van der Waals surface area (Å²) >= 11 is 0. The monoisotopic (exact) mass is 319 g/mol. The van der Waals surface area contributed by atoms with Gasteiger partial charge in [-0.15, -0.1) is 0 Å². The third kappa shape index (κ3) is 2.11. The largest absolute Gasteiger partial charge is 0.356 e. The van der Waals surface area contributed by atoms with E-state index in [0.29, 0.717) is 17.0 Å². The van der Waals surface area contributed by atoms with E-state index >= 15 is 0 Å². The van der Waals surface area contributed by atoms with Gasteiger partial charge in [0, 0.05) is 17.3 Å². The minimum atomic E-state index is -0.403. The molecule has 118 valence electrons. The molecule has 0 atom stereocenters. The average molecular weight is 319 g/mol. The van der Waals surface area contributed by atoms with Crippen LogP contribution in [-0.2, 0) is 6.54 Å². The zero-order valence-corrected chi connectivity index (χ0v) is 12.9. The van der Waals surface area contributed by atoms with Crippen molar-refractivity contribution in [2.45, 2.75) is 13.5 Å². The molecule has 0 spiro atoms. The van der Waals surface area contributed by atoms with Crippen LogP contribution in [0.4, 0.5) is 0 Å². The van der Waals surface area contributed by atoms with Gasteiger partial charge in [-0.25, -0.2) is 0 Å². The molecule has 24 heavy (non-hydrogen) atoms. The van der Waals surface area contributed by atoms with Crippen molar-refractivity contribution >= 4 is 11.8 Å². The normalized spacial score (nSPS) is 13.5. The molecule has 0 unspecified atom stereocenters. The van der Waals surface area contributed by atoms with E-state index in [2.05, 4.69) is 10.1 Å². The van der Waals surface area contributed by atoms with Crippen LogP contribution in [0.2, 0.25) is 0 Å². The number of carbonyl (C=O) groups excluding carboxylic acids is 2. The van der Waals surface area contributed by atoms with E-state index in [1.165, 1.54) is 6.20 Å². The molecule has 0 saturated heterocycles. The molecule has 0 fully saturated rings. The molecule has 1 aliphatic heterocycles. The number of benzene rings is 1. The number of imide groups is 1. The van der Waals surface area contributed by atoms with Crippen molar-refractivity contribution < 1.29 is 14.1 Å². The Morgan fingerprint density at radius 2 is 1.83 bits per heavy atom. The number of carbonyl (C=O) groups is 2. The Morgan fingerprint density at radius 3 is 2.58 bits per heavy atom. The third-order valence-corrected chi connectivity index (χ3v) is 4.10. The van der Waals surface area contributed by atoms with Gasteiger partial charge >= 0.3 is 0 Å². The molecule has 0 N–H and O–H groups in total. The maximum atomic E-state index is 12.4. The summed E-state index contributed by atoms with van der Waals surface area (Å²) in [5.41, 5.74) is 2.78. The van der Waals surface area contributed by atoms with Crippen molar-refractivity contribution in [3.05, 3.63) is 71.2 Å². The first-order valence-electron chi connectivity index (χ1n) is 7.48. The van der Waals surface area contributed by atoms with Gasteiger partial charge in [-0.1, -0.05) is 35.5 Å². The zero-order chi connectivity index (χ0) is 16.7. The van der Waals surface area contributed by atoms with Crippen molar-refractivity contribution in [3.8, 4) is 11.3 Å². The van der Waals surface area contributed by atoms with Gasteiger partial charge in [-0.2, -0.15) is 0 Å².